The summed E-state index contributed by atoms with van der Waals surface area (Å²) in [5.41, 5.74) is 3.81. The van der Waals surface area contributed by atoms with Crippen LogP contribution in [0.4, 0.5) is 4.39 Å². The van der Waals surface area contributed by atoms with Gasteiger partial charge in [-0.05, 0) is 42.2 Å². The molecule has 0 radical (unpaired) electrons. The maximum atomic E-state index is 12.9. The van der Waals surface area contributed by atoms with E-state index in [-0.39, 0.29) is 5.82 Å². The summed E-state index contributed by atoms with van der Waals surface area (Å²) in [5.74, 6) is -1.18. The molecule has 2 nitrogen and oxygen atoms in total. The monoisotopic (exact) mass is 270 g/mol. The van der Waals surface area contributed by atoms with E-state index in [1.54, 1.807) is 19.1 Å². The van der Waals surface area contributed by atoms with Crippen molar-refractivity contribution in [3.05, 3.63) is 71.6 Å². The first-order chi connectivity index (χ1) is 9.54. The van der Waals surface area contributed by atoms with Crippen LogP contribution in [0.15, 0.2) is 60.2 Å². The topological polar surface area (TPSA) is 37.3 Å². The third kappa shape index (κ3) is 3.79. The number of halogens is 1. The standard InChI is InChI=1S/C17H15FO2/c1-12(11-17(19)20)10-13-2-4-14(5-3-13)15-6-8-16(18)9-7-15/h2-9,11H,10H2,1H3,(H,19,20)/b12-11+. The summed E-state index contributed by atoms with van der Waals surface area (Å²) in [7, 11) is 0. The first kappa shape index (κ1) is 14.0. The highest BCUT2D eigenvalue weighted by Gasteiger charge is 2.01. The predicted molar refractivity (Wildman–Crippen MR) is 76.9 cm³/mol. The van der Waals surface area contributed by atoms with Crippen molar-refractivity contribution in [1.29, 1.82) is 0 Å². The Kier molecular flexibility index (Phi) is 4.31. The summed E-state index contributed by atoms with van der Waals surface area (Å²) in [6.45, 7) is 1.79. The van der Waals surface area contributed by atoms with Crippen molar-refractivity contribution < 1.29 is 14.3 Å². The minimum atomic E-state index is -0.926. The maximum Gasteiger partial charge on any atom is 0.328 e. The van der Waals surface area contributed by atoms with Crippen LogP contribution in [0.5, 0.6) is 0 Å². The molecule has 0 spiro atoms. The van der Waals surface area contributed by atoms with Crippen LogP contribution in [-0.2, 0) is 11.2 Å². The minimum absolute atomic E-state index is 0.250. The second-order valence-corrected chi connectivity index (χ2v) is 4.71. The average Bonchev–Trinajstić information content (AvgIpc) is 2.39. The van der Waals surface area contributed by atoms with E-state index < -0.39 is 5.97 Å². The molecule has 0 saturated heterocycles. The molecule has 102 valence electrons. The van der Waals surface area contributed by atoms with E-state index >= 15 is 0 Å². The molecule has 2 rings (SSSR count). The molecule has 0 unspecified atom stereocenters. The van der Waals surface area contributed by atoms with E-state index in [1.165, 1.54) is 18.2 Å². The Labute approximate surface area is 117 Å². The van der Waals surface area contributed by atoms with Crippen LogP contribution < -0.4 is 0 Å². The van der Waals surface area contributed by atoms with Crippen LogP contribution in [0.25, 0.3) is 11.1 Å². The van der Waals surface area contributed by atoms with Crippen LogP contribution in [0.2, 0.25) is 0 Å². The summed E-state index contributed by atoms with van der Waals surface area (Å²) in [4.78, 5) is 10.6. The second-order valence-electron chi connectivity index (χ2n) is 4.71. The van der Waals surface area contributed by atoms with Crippen LogP contribution in [0.3, 0.4) is 0 Å². The number of benzene rings is 2. The van der Waals surface area contributed by atoms with Gasteiger partial charge >= 0.3 is 5.97 Å². The molecule has 0 aliphatic heterocycles. The smallest absolute Gasteiger partial charge is 0.328 e. The zero-order valence-corrected chi connectivity index (χ0v) is 11.1. The molecule has 0 aliphatic carbocycles. The molecule has 2 aromatic rings. The Balaban J connectivity index is 2.14. The van der Waals surface area contributed by atoms with Gasteiger partial charge in [0.2, 0.25) is 0 Å². The van der Waals surface area contributed by atoms with Crippen molar-refractivity contribution in [2.24, 2.45) is 0 Å². The van der Waals surface area contributed by atoms with Gasteiger partial charge < -0.3 is 5.11 Å². The Hall–Kier alpha value is -2.42. The SMILES string of the molecule is C/C(=C\C(=O)O)Cc1ccc(-c2ccc(F)cc2)cc1. The zero-order chi connectivity index (χ0) is 14.5. The van der Waals surface area contributed by atoms with Gasteiger partial charge in [0.1, 0.15) is 5.82 Å². The van der Waals surface area contributed by atoms with Crippen LogP contribution in [-0.4, -0.2) is 11.1 Å². The van der Waals surface area contributed by atoms with Gasteiger partial charge in [0, 0.05) is 6.08 Å². The number of carboxylic acids is 1. The van der Waals surface area contributed by atoms with E-state index in [9.17, 15) is 9.18 Å². The summed E-state index contributed by atoms with van der Waals surface area (Å²) in [5, 5.41) is 8.67. The summed E-state index contributed by atoms with van der Waals surface area (Å²) in [6.07, 6.45) is 1.82. The number of rotatable bonds is 4. The largest absolute Gasteiger partial charge is 0.478 e. The molecule has 0 fully saturated rings. The molecule has 0 aliphatic rings. The Morgan fingerprint density at radius 2 is 1.55 bits per heavy atom. The van der Waals surface area contributed by atoms with Gasteiger partial charge in [0.25, 0.3) is 0 Å². The first-order valence-corrected chi connectivity index (χ1v) is 6.29. The fourth-order valence-corrected chi connectivity index (χ4v) is 2.04. The molecule has 0 saturated carbocycles. The third-order valence-corrected chi connectivity index (χ3v) is 2.98. The average molecular weight is 270 g/mol. The number of allylic oxidation sites excluding steroid dienone is 1. The summed E-state index contributed by atoms with van der Waals surface area (Å²) >= 11 is 0. The molecule has 0 bridgehead atoms. The number of carbonyl (C=O) groups is 1. The Morgan fingerprint density at radius 3 is 2.05 bits per heavy atom. The lowest BCUT2D eigenvalue weighted by Gasteiger charge is -2.05. The Bertz CT molecular complexity index is 625. The summed E-state index contributed by atoms with van der Waals surface area (Å²) in [6, 6.07) is 14.2. The van der Waals surface area contributed by atoms with Crippen molar-refractivity contribution in [3.63, 3.8) is 0 Å². The number of hydrogen-bond donors (Lipinski definition) is 1. The molecular weight excluding hydrogens is 255 g/mol. The lowest BCUT2D eigenvalue weighted by molar-refractivity contribution is -0.131. The van der Waals surface area contributed by atoms with E-state index in [1.807, 2.05) is 24.3 Å². The first-order valence-electron chi connectivity index (χ1n) is 6.29. The lowest BCUT2D eigenvalue weighted by Crippen LogP contribution is -1.93. The van der Waals surface area contributed by atoms with Crippen molar-refractivity contribution in [3.8, 4) is 11.1 Å². The van der Waals surface area contributed by atoms with Gasteiger partial charge in [-0.3, -0.25) is 0 Å². The Morgan fingerprint density at radius 1 is 1.05 bits per heavy atom. The van der Waals surface area contributed by atoms with Crippen LogP contribution >= 0.6 is 0 Å². The highest BCUT2D eigenvalue weighted by atomic mass is 19.1. The molecule has 2 aromatic carbocycles. The normalized spacial score (nSPS) is 11.4. The van der Waals surface area contributed by atoms with Gasteiger partial charge in [-0.25, -0.2) is 9.18 Å². The number of carboxylic acid groups (broad SMARTS) is 1. The zero-order valence-electron chi connectivity index (χ0n) is 11.1. The van der Waals surface area contributed by atoms with E-state index in [0.717, 1.165) is 22.3 Å². The van der Waals surface area contributed by atoms with Crippen molar-refractivity contribution in [2.75, 3.05) is 0 Å². The maximum absolute atomic E-state index is 12.9. The van der Waals surface area contributed by atoms with Crippen LogP contribution in [0, 0.1) is 5.82 Å². The molecule has 20 heavy (non-hydrogen) atoms. The van der Waals surface area contributed by atoms with Gasteiger partial charge in [-0.1, -0.05) is 42.0 Å². The second kappa shape index (κ2) is 6.15. The van der Waals surface area contributed by atoms with E-state index in [2.05, 4.69) is 0 Å². The van der Waals surface area contributed by atoms with Crippen molar-refractivity contribution in [2.45, 2.75) is 13.3 Å². The highest BCUT2D eigenvalue weighted by Crippen LogP contribution is 2.21. The molecule has 3 heteroatoms. The molecule has 0 heterocycles. The molecule has 0 aromatic heterocycles. The molecule has 1 N–H and O–H groups in total. The van der Waals surface area contributed by atoms with E-state index in [0.29, 0.717) is 6.42 Å². The number of aliphatic carboxylic acids is 1. The molecule has 0 atom stereocenters. The number of hydrogen-bond acceptors (Lipinski definition) is 1. The van der Waals surface area contributed by atoms with E-state index in [4.69, 9.17) is 5.11 Å². The minimum Gasteiger partial charge on any atom is -0.478 e. The quantitative estimate of drug-likeness (QED) is 0.850. The van der Waals surface area contributed by atoms with Gasteiger partial charge in [0.15, 0.2) is 0 Å². The fraction of sp³-hybridized carbons (Fsp3) is 0.118. The van der Waals surface area contributed by atoms with Crippen LogP contribution in [0.1, 0.15) is 12.5 Å². The summed E-state index contributed by atoms with van der Waals surface area (Å²) < 4.78 is 12.9. The third-order valence-electron chi connectivity index (χ3n) is 2.98. The lowest BCUT2D eigenvalue weighted by atomic mass is 10.0. The fourth-order valence-electron chi connectivity index (χ4n) is 2.04. The highest BCUT2D eigenvalue weighted by molar-refractivity contribution is 5.80. The predicted octanol–water partition coefficient (Wildman–Crippen LogP) is 4.07. The van der Waals surface area contributed by atoms with Gasteiger partial charge in [-0.15, -0.1) is 0 Å². The molecular formula is C17H15FO2. The van der Waals surface area contributed by atoms with Gasteiger partial charge in [0.05, 0.1) is 0 Å². The molecule has 0 amide bonds. The van der Waals surface area contributed by atoms with Crippen molar-refractivity contribution in [1.82, 2.24) is 0 Å². The van der Waals surface area contributed by atoms with Crippen molar-refractivity contribution >= 4 is 5.97 Å². The van der Waals surface area contributed by atoms with Gasteiger partial charge in [-0.2, -0.15) is 0 Å².